The molecular formula is C12H22N4OS. The summed E-state index contributed by atoms with van der Waals surface area (Å²) in [6, 6.07) is 2.00. The van der Waals surface area contributed by atoms with E-state index < -0.39 is 10.8 Å². The van der Waals surface area contributed by atoms with Gasteiger partial charge in [0.15, 0.2) is 0 Å². The van der Waals surface area contributed by atoms with Crippen LogP contribution in [0, 0.1) is 0 Å². The van der Waals surface area contributed by atoms with Gasteiger partial charge in [0, 0.05) is 48.4 Å². The van der Waals surface area contributed by atoms with Gasteiger partial charge in [-0.1, -0.05) is 6.92 Å². The molecule has 18 heavy (non-hydrogen) atoms. The van der Waals surface area contributed by atoms with E-state index in [-0.39, 0.29) is 6.04 Å². The summed E-state index contributed by atoms with van der Waals surface area (Å²) in [5.74, 6) is 3.04. The molecule has 0 radical (unpaired) electrons. The van der Waals surface area contributed by atoms with Crippen molar-refractivity contribution in [1.29, 1.82) is 0 Å². The number of anilines is 2. The van der Waals surface area contributed by atoms with Gasteiger partial charge in [-0.3, -0.25) is 4.21 Å². The molecule has 0 aromatic carbocycles. The Labute approximate surface area is 111 Å². The van der Waals surface area contributed by atoms with E-state index in [1.165, 1.54) is 0 Å². The zero-order chi connectivity index (χ0) is 13.5. The molecule has 1 aromatic heterocycles. The predicted octanol–water partition coefficient (Wildman–Crippen LogP) is 1.65. The van der Waals surface area contributed by atoms with E-state index in [1.807, 2.05) is 20.0 Å². The molecule has 0 bridgehead atoms. The minimum absolute atomic E-state index is 0.130. The van der Waals surface area contributed by atoms with Crippen molar-refractivity contribution in [3.05, 3.63) is 11.9 Å². The second-order valence-corrected chi connectivity index (χ2v) is 5.82. The van der Waals surface area contributed by atoms with Gasteiger partial charge in [0.05, 0.1) is 0 Å². The van der Waals surface area contributed by atoms with Crippen molar-refractivity contribution in [2.75, 3.05) is 29.7 Å². The smallest absolute Gasteiger partial charge is 0.133 e. The van der Waals surface area contributed by atoms with Crippen molar-refractivity contribution in [2.24, 2.45) is 0 Å². The maximum Gasteiger partial charge on any atom is 0.133 e. The van der Waals surface area contributed by atoms with Crippen LogP contribution in [0.1, 0.15) is 26.1 Å². The Bertz CT molecular complexity index is 411. The first-order valence-electron chi connectivity index (χ1n) is 6.17. The van der Waals surface area contributed by atoms with Crippen LogP contribution in [0.15, 0.2) is 6.07 Å². The molecule has 102 valence electrons. The number of nitrogens with one attached hydrogen (secondary N) is 2. The van der Waals surface area contributed by atoms with Crippen molar-refractivity contribution >= 4 is 22.4 Å². The molecule has 1 aromatic rings. The van der Waals surface area contributed by atoms with Crippen molar-refractivity contribution in [3.8, 4) is 0 Å². The van der Waals surface area contributed by atoms with E-state index in [0.29, 0.717) is 5.75 Å². The average Bonchev–Trinajstić information content (AvgIpc) is 2.27. The Kier molecular flexibility index (Phi) is 6.04. The molecule has 0 saturated heterocycles. The first kappa shape index (κ1) is 14.9. The molecule has 0 fully saturated rings. The van der Waals surface area contributed by atoms with Crippen LogP contribution in [0.3, 0.4) is 0 Å². The summed E-state index contributed by atoms with van der Waals surface area (Å²) in [6.07, 6.45) is 3.58. The monoisotopic (exact) mass is 270 g/mol. The summed E-state index contributed by atoms with van der Waals surface area (Å²) in [7, 11) is 1.03. The summed E-state index contributed by atoms with van der Waals surface area (Å²) in [5.41, 5.74) is 0. The van der Waals surface area contributed by atoms with Gasteiger partial charge >= 0.3 is 0 Å². The molecule has 6 heteroatoms. The summed E-state index contributed by atoms with van der Waals surface area (Å²) >= 11 is 0. The van der Waals surface area contributed by atoms with Crippen LogP contribution in [0.2, 0.25) is 0 Å². The van der Waals surface area contributed by atoms with Gasteiger partial charge in [-0.25, -0.2) is 9.97 Å². The van der Waals surface area contributed by atoms with E-state index in [1.54, 1.807) is 6.26 Å². The largest absolute Gasteiger partial charge is 0.373 e. The van der Waals surface area contributed by atoms with E-state index in [9.17, 15) is 4.21 Å². The van der Waals surface area contributed by atoms with Crippen molar-refractivity contribution in [2.45, 2.75) is 32.7 Å². The lowest BCUT2D eigenvalue weighted by molar-refractivity contribution is 0.682. The Hall–Kier alpha value is -1.17. The lowest BCUT2D eigenvalue weighted by atomic mass is 10.3. The highest BCUT2D eigenvalue weighted by Gasteiger charge is 2.08. The molecule has 1 heterocycles. The molecule has 2 atom stereocenters. The Morgan fingerprint density at radius 3 is 2.61 bits per heavy atom. The molecule has 0 aliphatic heterocycles. The summed E-state index contributed by atoms with van der Waals surface area (Å²) in [5, 5.41) is 6.29. The van der Waals surface area contributed by atoms with Gasteiger partial charge in [0.1, 0.15) is 17.5 Å². The number of hydrogen-bond acceptors (Lipinski definition) is 5. The fourth-order valence-corrected chi connectivity index (χ4v) is 2.47. The maximum absolute atomic E-state index is 11.2. The molecule has 2 unspecified atom stereocenters. The minimum atomic E-state index is -0.807. The average molecular weight is 270 g/mol. The number of aryl methyl sites for hydroxylation is 1. The predicted molar refractivity (Wildman–Crippen MR) is 77.6 cm³/mol. The molecule has 0 aliphatic rings. The third-order valence-corrected chi connectivity index (χ3v) is 3.35. The fourth-order valence-electron chi connectivity index (χ4n) is 1.68. The topological polar surface area (TPSA) is 66.9 Å². The third kappa shape index (κ3) is 5.00. The van der Waals surface area contributed by atoms with E-state index in [2.05, 4.69) is 27.5 Å². The summed E-state index contributed by atoms with van der Waals surface area (Å²) < 4.78 is 11.2. The number of rotatable bonds is 7. The maximum atomic E-state index is 11.2. The van der Waals surface area contributed by atoms with Crippen LogP contribution >= 0.6 is 0 Å². The zero-order valence-corrected chi connectivity index (χ0v) is 12.3. The number of nitrogens with zero attached hydrogens (tertiary/aromatic N) is 2. The molecule has 0 aliphatic carbocycles. The van der Waals surface area contributed by atoms with Crippen LogP contribution in [0.25, 0.3) is 0 Å². The lowest BCUT2D eigenvalue weighted by Crippen LogP contribution is -2.23. The molecule has 5 nitrogen and oxygen atoms in total. The highest BCUT2D eigenvalue weighted by molar-refractivity contribution is 7.84. The van der Waals surface area contributed by atoms with Crippen LogP contribution < -0.4 is 10.6 Å². The normalized spacial score (nSPS) is 14.0. The highest BCUT2D eigenvalue weighted by atomic mass is 32.2. The second kappa shape index (κ2) is 7.31. The summed E-state index contributed by atoms with van der Waals surface area (Å²) in [6.45, 7) is 4.10. The van der Waals surface area contributed by atoms with Crippen molar-refractivity contribution < 1.29 is 4.21 Å². The molecule has 0 saturated carbocycles. The number of hydrogen-bond donors (Lipinski definition) is 2. The van der Waals surface area contributed by atoms with Gasteiger partial charge in [-0.2, -0.15) is 0 Å². The molecular weight excluding hydrogens is 248 g/mol. The molecule has 0 spiro atoms. The Balaban J connectivity index is 2.80. The Morgan fingerprint density at radius 1 is 1.39 bits per heavy atom. The van der Waals surface area contributed by atoms with Crippen LogP contribution in [0.4, 0.5) is 11.6 Å². The van der Waals surface area contributed by atoms with Crippen LogP contribution in [0.5, 0.6) is 0 Å². The van der Waals surface area contributed by atoms with E-state index in [4.69, 9.17) is 0 Å². The first-order valence-corrected chi connectivity index (χ1v) is 7.90. The van der Waals surface area contributed by atoms with Crippen LogP contribution in [-0.2, 0) is 17.2 Å². The van der Waals surface area contributed by atoms with Gasteiger partial charge in [-0.05, 0) is 13.3 Å². The van der Waals surface area contributed by atoms with Gasteiger partial charge < -0.3 is 10.6 Å². The summed E-state index contributed by atoms with van der Waals surface area (Å²) in [4.78, 5) is 8.84. The lowest BCUT2D eigenvalue weighted by Gasteiger charge is -2.14. The van der Waals surface area contributed by atoms with Crippen molar-refractivity contribution in [3.63, 3.8) is 0 Å². The fraction of sp³-hybridized carbons (Fsp3) is 0.667. The number of aromatic nitrogens is 2. The minimum Gasteiger partial charge on any atom is -0.373 e. The molecule has 2 N–H and O–H groups in total. The van der Waals surface area contributed by atoms with Gasteiger partial charge in [0.2, 0.25) is 0 Å². The Morgan fingerprint density at radius 2 is 2.06 bits per heavy atom. The SMILES string of the molecule is CCCc1nc(NC)cc(NC(C)CS(C)=O)n1. The molecule has 0 amide bonds. The van der Waals surface area contributed by atoms with Gasteiger partial charge in [0.25, 0.3) is 0 Å². The van der Waals surface area contributed by atoms with Crippen molar-refractivity contribution in [1.82, 2.24) is 9.97 Å². The standard InChI is InChI=1S/C12H22N4OS/c1-5-6-10-15-11(13-3)7-12(16-10)14-9(2)8-18(4)17/h7,9H,5-6,8H2,1-4H3,(H2,13,14,15,16). The second-order valence-electron chi connectivity index (χ2n) is 4.34. The van der Waals surface area contributed by atoms with E-state index >= 15 is 0 Å². The third-order valence-electron chi connectivity index (χ3n) is 2.38. The molecule has 1 rings (SSSR count). The quantitative estimate of drug-likeness (QED) is 0.788. The van der Waals surface area contributed by atoms with Gasteiger partial charge in [-0.15, -0.1) is 0 Å². The van der Waals surface area contributed by atoms with E-state index in [0.717, 1.165) is 30.3 Å². The highest BCUT2D eigenvalue weighted by Crippen LogP contribution is 2.13. The first-order chi connectivity index (χ1) is 8.55. The van der Waals surface area contributed by atoms with Crippen LogP contribution in [-0.4, -0.2) is 39.3 Å². The zero-order valence-electron chi connectivity index (χ0n) is 11.5.